The van der Waals surface area contributed by atoms with Gasteiger partial charge in [-0.15, -0.1) is 0 Å². The summed E-state index contributed by atoms with van der Waals surface area (Å²) in [7, 11) is 1.55. The molecule has 0 amide bonds. The molecule has 3 aromatic rings. The Hall–Kier alpha value is -3.90. The Bertz CT molecular complexity index is 1200. The molecular weight excluding hydrogens is 418 g/mol. The molecule has 0 unspecified atom stereocenters. The van der Waals surface area contributed by atoms with Crippen molar-refractivity contribution in [1.82, 2.24) is 0 Å². The maximum Gasteiger partial charge on any atom is 0.363 e. The Morgan fingerprint density at radius 1 is 1.00 bits per heavy atom. The molecule has 6 nitrogen and oxygen atoms in total. The minimum Gasteiger partial charge on any atom is -0.497 e. The highest BCUT2D eigenvalue weighted by atomic mass is 35.5. The van der Waals surface area contributed by atoms with Crippen LogP contribution in [-0.2, 0) is 9.53 Å². The topological polar surface area (TPSA) is 74.2 Å². The lowest BCUT2D eigenvalue weighted by molar-refractivity contribution is -0.129. The zero-order valence-corrected chi connectivity index (χ0v) is 17.1. The number of esters is 2. The molecule has 154 valence electrons. The number of nitrogens with zero attached hydrogens (tertiary/aromatic N) is 1. The van der Waals surface area contributed by atoms with Crippen LogP contribution in [0.2, 0.25) is 5.02 Å². The molecule has 0 saturated carbocycles. The lowest BCUT2D eigenvalue weighted by Crippen LogP contribution is -2.09. The molecule has 0 spiro atoms. The number of hydrogen-bond acceptors (Lipinski definition) is 6. The molecule has 7 heteroatoms. The summed E-state index contributed by atoms with van der Waals surface area (Å²) >= 11 is 5.89. The van der Waals surface area contributed by atoms with E-state index in [4.69, 9.17) is 25.8 Å². The summed E-state index contributed by atoms with van der Waals surface area (Å²) in [5, 5.41) is 0.567. The van der Waals surface area contributed by atoms with Gasteiger partial charge in [-0.1, -0.05) is 29.8 Å². The highest BCUT2D eigenvalue weighted by molar-refractivity contribution is 6.30. The highest BCUT2D eigenvalue weighted by Crippen LogP contribution is 2.26. The highest BCUT2D eigenvalue weighted by Gasteiger charge is 2.24. The van der Waals surface area contributed by atoms with Crippen molar-refractivity contribution in [3.8, 4) is 11.5 Å². The average molecular weight is 434 g/mol. The SMILES string of the molecule is COc1ccc(C(=O)Oc2ccccc2/C=C2/N=C(c3ccc(Cl)cc3)OC2=O)cc1. The van der Waals surface area contributed by atoms with Crippen LogP contribution in [0.5, 0.6) is 11.5 Å². The van der Waals surface area contributed by atoms with Gasteiger partial charge in [0.05, 0.1) is 12.7 Å². The van der Waals surface area contributed by atoms with Gasteiger partial charge in [-0.25, -0.2) is 14.6 Å². The largest absolute Gasteiger partial charge is 0.497 e. The van der Waals surface area contributed by atoms with E-state index in [1.165, 1.54) is 6.08 Å². The third kappa shape index (κ3) is 4.65. The standard InChI is InChI=1S/C24H16ClNO5/c1-29-19-12-8-16(9-13-19)23(27)30-21-5-3-2-4-17(21)14-20-24(28)31-22(26-20)15-6-10-18(25)11-7-15/h2-14H,1H3/b20-14+. The van der Waals surface area contributed by atoms with Gasteiger partial charge in [-0.3, -0.25) is 0 Å². The van der Waals surface area contributed by atoms with Gasteiger partial charge in [0.1, 0.15) is 11.5 Å². The number of rotatable bonds is 5. The van der Waals surface area contributed by atoms with Crippen LogP contribution in [0.3, 0.4) is 0 Å². The molecule has 1 aliphatic rings. The van der Waals surface area contributed by atoms with Crippen LogP contribution in [0.1, 0.15) is 21.5 Å². The van der Waals surface area contributed by atoms with Crippen molar-refractivity contribution in [3.05, 3.63) is 100 Å². The van der Waals surface area contributed by atoms with E-state index in [2.05, 4.69) is 4.99 Å². The molecular formula is C24H16ClNO5. The second kappa shape index (κ2) is 8.85. The van der Waals surface area contributed by atoms with Crippen LogP contribution in [0.4, 0.5) is 0 Å². The van der Waals surface area contributed by atoms with Crippen molar-refractivity contribution in [2.75, 3.05) is 7.11 Å². The third-order valence-corrected chi connectivity index (χ3v) is 4.70. The summed E-state index contributed by atoms with van der Waals surface area (Å²) < 4.78 is 15.9. The molecule has 3 aromatic carbocycles. The summed E-state index contributed by atoms with van der Waals surface area (Å²) in [5.74, 6) is -0.0238. The summed E-state index contributed by atoms with van der Waals surface area (Å²) in [6.07, 6.45) is 1.52. The quantitative estimate of drug-likeness (QED) is 0.324. The fourth-order valence-corrected chi connectivity index (χ4v) is 2.98. The van der Waals surface area contributed by atoms with Gasteiger partial charge in [0, 0.05) is 16.1 Å². The summed E-state index contributed by atoms with van der Waals surface area (Å²) in [6, 6.07) is 20.2. The lowest BCUT2D eigenvalue weighted by atomic mass is 10.1. The second-order valence-corrected chi connectivity index (χ2v) is 6.94. The number of halogens is 1. The van der Waals surface area contributed by atoms with Crippen molar-refractivity contribution >= 4 is 35.5 Å². The van der Waals surface area contributed by atoms with E-state index in [0.717, 1.165) is 0 Å². The monoisotopic (exact) mass is 433 g/mol. The van der Waals surface area contributed by atoms with Gasteiger partial charge in [-0.05, 0) is 60.7 Å². The van der Waals surface area contributed by atoms with E-state index < -0.39 is 11.9 Å². The first-order valence-electron chi connectivity index (χ1n) is 9.27. The van der Waals surface area contributed by atoms with E-state index in [-0.39, 0.29) is 11.6 Å². The zero-order valence-electron chi connectivity index (χ0n) is 16.4. The summed E-state index contributed by atoms with van der Waals surface area (Å²) in [6.45, 7) is 0. The molecule has 0 aliphatic carbocycles. The van der Waals surface area contributed by atoms with E-state index in [1.54, 1.807) is 79.9 Å². The minimum atomic E-state index is -0.596. The predicted octanol–water partition coefficient (Wildman–Crippen LogP) is 4.91. The summed E-state index contributed by atoms with van der Waals surface area (Å²) in [4.78, 5) is 29.1. The van der Waals surface area contributed by atoms with Gasteiger partial charge in [0.15, 0.2) is 5.70 Å². The predicted molar refractivity (Wildman–Crippen MR) is 116 cm³/mol. The average Bonchev–Trinajstić information content (AvgIpc) is 3.15. The molecule has 0 radical (unpaired) electrons. The molecule has 0 bridgehead atoms. The van der Waals surface area contributed by atoms with Gasteiger partial charge >= 0.3 is 11.9 Å². The molecule has 4 rings (SSSR count). The summed E-state index contributed by atoms with van der Waals surface area (Å²) in [5.41, 5.74) is 1.60. The Kier molecular flexibility index (Phi) is 5.82. The molecule has 1 aliphatic heterocycles. The normalized spacial score (nSPS) is 14.2. The number of cyclic esters (lactones) is 1. The number of ether oxygens (including phenoxy) is 3. The van der Waals surface area contributed by atoms with Crippen LogP contribution < -0.4 is 9.47 Å². The Labute approximate surface area is 183 Å². The fraction of sp³-hybridized carbons (Fsp3) is 0.0417. The van der Waals surface area contributed by atoms with Gasteiger partial charge < -0.3 is 14.2 Å². The van der Waals surface area contributed by atoms with Gasteiger partial charge in [0.25, 0.3) is 0 Å². The molecule has 0 N–H and O–H groups in total. The number of carbonyl (C=O) groups is 2. The van der Waals surface area contributed by atoms with Crippen molar-refractivity contribution in [1.29, 1.82) is 0 Å². The van der Waals surface area contributed by atoms with E-state index in [1.807, 2.05) is 0 Å². The first-order chi connectivity index (χ1) is 15.0. The van der Waals surface area contributed by atoms with Crippen LogP contribution >= 0.6 is 11.6 Å². The van der Waals surface area contributed by atoms with E-state index in [0.29, 0.717) is 33.2 Å². The fourth-order valence-electron chi connectivity index (χ4n) is 2.85. The maximum atomic E-state index is 12.5. The Balaban J connectivity index is 1.59. The Morgan fingerprint density at radius 2 is 1.71 bits per heavy atom. The molecule has 0 fully saturated rings. The molecule has 1 heterocycles. The molecule has 31 heavy (non-hydrogen) atoms. The molecule has 0 atom stereocenters. The first kappa shape index (κ1) is 20.4. The third-order valence-electron chi connectivity index (χ3n) is 4.45. The number of aliphatic imine (C=N–C) groups is 1. The minimum absolute atomic E-state index is 0.0953. The first-order valence-corrected chi connectivity index (χ1v) is 9.65. The number of methoxy groups -OCH3 is 1. The number of hydrogen-bond donors (Lipinski definition) is 0. The van der Waals surface area contributed by atoms with Crippen LogP contribution in [0, 0.1) is 0 Å². The van der Waals surface area contributed by atoms with Gasteiger partial charge in [-0.2, -0.15) is 0 Å². The smallest absolute Gasteiger partial charge is 0.363 e. The lowest BCUT2D eigenvalue weighted by Gasteiger charge is -2.08. The molecule has 0 saturated heterocycles. The van der Waals surface area contributed by atoms with Crippen molar-refractivity contribution in [3.63, 3.8) is 0 Å². The number of carbonyl (C=O) groups excluding carboxylic acids is 2. The van der Waals surface area contributed by atoms with Gasteiger partial charge in [0.2, 0.25) is 5.90 Å². The Morgan fingerprint density at radius 3 is 2.42 bits per heavy atom. The van der Waals surface area contributed by atoms with E-state index in [9.17, 15) is 9.59 Å². The zero-order chi connectivity index (χ0) is 21.8. The van der Waals surface area contributed by atoms with E-state index >= 15 is 0 Å². The maximum absolute atomic E-state index is 12.5. The van der Waals surface area contributed by atoms with Crippen LogP contribution in [0.15, 0.2) is 83.5 Å². The van der Waals surface area contributed by atoms with Crippen molar-refractivity contribution in [2.45, 2.75) is 0 Å². The second-order valence-electron chi connectivity index (χ2n) is 6.50. The van der Waals surface area contributed by atoms with Crippen LogP contribution in [0.25, 0.3) is 6.08 Å². The van der Waals surface area contributed by atoms with Crippen molar-refractivity contribution in [2.24, 2.45) is 4.99 Å². The number of benzene rings is 3. The molecule has 0 aromatic heterocycles. The number of para-hydroxylation sites is 1. The van der Waals surface area contributed by atoms with Crippen molar-refractivity contribution < 1.29 is 23.8 Å². The van der Waals surface area contributed by atoms with Crippen LogP contribution in [-0.4, -0.2) is 24.9 Å².